The van der Waals surface area contributed by atoms with Crippen LogP contribution >= 0.6 is 22.6 Å². The summed E-state index contributed by atoms with van der Waals surface area (Å²) >= 11 is 2.32. The minimum Gasteiger partial charge on any atom is -0.496 e. The third kappa shape index (κ3) is 5.20. The van der Waals surface area contributed by atoms with Crippen molar-refractivity contribution in [3.8, 4) is 11.5 Å². The van der Waals surface area contributed by atoms with E-state index in [9.17, 15) is 14.4 Å². The van der Waals surface area contributed by atoms with E-state index in [-0.39, 0.29) is 79.5 Å². The Balaban J connectivity index is 1.13. The highest BCUT2D eigenvalue weighted by Gasteiger charge is 2.72. The number of alkyl halides is 1. The van der Waals surface area contributed by atoms with E-state index in [0.29, 0.717) is 26.0 Å². The number of rotatable bonds is 10. The Bertz CT molecular complexity index is 1240. The Kier molecular flexibility index (Phi) is 7.68. The van der Waals surface area contributed by atoms with Crippen LogP contribution in [0, 0.1) is 40.8 Å². The molecule has 2 amide bonds. The van der Waals surface area contributed by atoms with Crippen molar-refractivity contribution < 1.29 is 33.0 Å². The van der Waals surface area contributed by atoms with Crippen LogP contribution in [0.2, 0.25) is 0 Å². The lowest BCUT2D eigenvalue weighted by Crippen LogP contribution is -2.51. The number of hydrogen-bond donors (Lipinski definition) is 2. The van der Waals surface area contributed by atoms with Crippen LogP contribution in [0.25, 0.3) is 0 Å². The molecule has 0 saturated heterocycles. The van der Waals surface area contributed by atoms with Crippen LogP contribution in [0.5, 0.6) is 11.5 Å². The fourth-order valence-corrected chi connectivity index (χ4v) is 9.74. The molecule has 1 aromatic rings. The van der Waals surface area contributed by atoms with Crippen molar-refractivity contribution in [1.29, 1.82) is 0 Å². The molecule has 2 bridgehead atoms. The van der Waals surface area contributed by atoms with Crippen LogP contribution in [0.3, 0.4) is 0 Å². The maximum atomic E-state index is 15.1. The van der Waals surface area contributed by atoms with Crippen LogP contribution in [-0.2, 0) is 14.3 Å². The number of amides is 2. The first-order chi connectivity index (χ1) is 19.6. The van der Waals surface area contributed by atoms with Gasteiger partial charge in [0.1, 0.15) is 11.9 Å². The van der Waals surface area contributed by atoms with Gasteiger partial charge in [0.05, 0.1) is 31.1 Å². The minimum absolute atomic E-state index is 0.00841. The zero-order valence-electron chi connectivity index (χ0n) is 24.0. The third-order valence-corrected chi connectivity index (χ3v) is 12.5. The standard InChI is InChI=1S/C31H40FIN2O6/c1-4-40-29(38)25-20-11-18(14-31(20,25)33)41-23-12-19(22(39-3)13-21(23)32)27(36)35-26-17-7-6-16(10-17)24(26)28(37)34-15-30(2)8-5-9-30/h12-13,16-18,20,24-26H,4-11,14-15H2,1-3H3,(H,34,37)(H,35,36)/t16-,17+,18-,20+,24+,25-,26-,31-/m1/s1. The van der Waals surface area contributed by atoms with Crippen molar-refractivity contribution >= 4 is 40.4 Å². The predicted molar refractivity (Wildman–Crippen MR) is 158 cm³/mol. The molecular formula is C31H40FIN2O6. The van der Waals surface area contributed by atoms with Gasteiger partial charge in [-0.25, -0.2) is 4.39 Å². The van der Waals surface area contributed by atoms with Crippen molar-refractivity contribution in [2.45, 2.75) is 80.8 Å². The van der Waals surface area contributed by atoms with Gasteiger partial charge < -0.3 is 24.8 Å². The third-order valence-electron chi connectivity index (χ3n) is 10.6. The first kappa shape index (κ1) is 29.0. The fraction of sp³-hybridized carbons (Fsp3) is 0.710. The van der Waals surface area contributed by atoms with Crippen LogP contribution in [0.1, 0.15) is 75.6 Å². The fourth-order valence-electron chi connectivity index (χ4n) is 8.12. The van der Waals surface area contributed by atoms with Gasteiger partial charge in [0.15, 0.2) is 11.6 Å². The lowest BCUT2D eigenvalue weighted by atomic mass is 9.70. The van der Waals surface area contributed by atoms with E-state index in [2.05, 4.69) is 40.1 Å². The van der Waals surface area contributed by atoms with Crippen LogP contribution in [0.15, 0.2) is 12.1 Å². The molecule has 0 heterocycles. The highest BCUT2D eigenvalue weighted by Crippen LogP contribution is 2.67. The Morgan fingerprint density at radius 1 is 1.12 bits per heavy atom. The van der Waals surface area contributed by atoms with E-state index in [1.807, 2.05) is 0 Å². The first-order valence-electron chi connectivity index (χ1n) is 15.0. The summed E-state index contributed by atoms with van der Waals surface area (Å²) in [6.45, 7) is 5.03. The van der Waals surface area contributed by atoms with E-state index in [4.69, 9.17) is 14.2 Å². The number of methoxy groups -OCH3 is 1. The van der Waals surface area contributed by atoms with Gasteiger partial charge in [-0.1, -0.05) is 35.9 Å². The van der Waals surface area contributed by atoms with E-state index in [0.717, 1.165) is 32.1 Å². The van der Waals surface area contributed by atoms with E-state index in [1.54, 1.807) is 6.92 Å². The van der Waals surface area contributed by atoms with E-state index in [1.165, 1.54) is 25.7 Å². The van der Waals surface area contributed by atoms with Crippen LogP contribution in [0.4, 0.5) is 4.39 Å². The summed E-state index contributed by atoms with van der Waals surface area (Å²) in [6, 6.07) is 2.33. The number of fused-ring (bicyclic) bond motifs is 3. The van der Waals surface area contributed by atoms with Gasteiger partial charge in [0, 0.05) is 22.1 Å². The smallest absolute Gasteiger partial charge is 0.310 e. The van der Waals surface area contributed by atoms with Crippen molar-refractivity contribution in [3.63, 3.8) is 0 Å². The number of carbonyl (C=O) groups is 3. The minimum atomic E-state index is -0.606. The molecule has 5 fully saturated rings. The molecule has 224 valence electrons. The molecule has 5 saturated carbocycles. The van der Waals surface area contributed by atoms with Gasteiger partial charge in [0.25, 0.3) is 5.91 Å². The molecular weight excluding hydrogens is 642 g/mol. The molecule has 6 rings (SSSR count). The summed E-state index contributed by atoms with van der Waals surface area (Å²) in [7, 11) is 1.40. The first-order valence-corrected chi connectivity index (χ1v) is 16.1. The normalized spacial score (nSPS) is 35.7. The Labute approximate surface area is 254 Å². The van der Waals surface area contributed by atoms with E-state index < -0.39 is 11.7 Å². The molecule has 0 unspecified atom stereocenters. The van der Waals surface area contributed by atoms with Crippen molar-refractivity contribution in [2.75, 3.05) is 20.3 Å². The van der Waals surface area contributed by atoms with Crippen molar-refractivity contribution in [3.05, 3.63) is 23.5 Å². The van der Waals surface area contributed by atoms with Gasteiger partial charge in [-0.15, -0.1) is 0 Å². The van der Waals surface area contributed by atoms with Crippen LogP contribution < -0.4 is 20.1 Å². The summed E-state index contributed by atoms with van der Waals surface area (Å²) < 4.78 is 31.5. The Morgan fingerprint density at radius 2 is 1.88 bits per heavy atom. The van der Waals surface area contributed by atoms with Gasteiger partial charge >= 0.3 is 5.97 Å². The molecule has 2 N–H and O–H groups in total. The largest absolute Gasteiger partial charge is 0.496 e. The zero-order valence-corrected chi connectivity index (χ0v) is 26.1. The summed E-state index contributed by atoms with van der Waals surface area (Å²) in [5.74, 6) is -0.787. The monoisotopic (exact) mass is 682 g/mol. The number of halogens is 2. The predicted octanol–water partition coefficient (Wildman–Crippen LogP) is 4.81. The highest BCUT2D eigenvalue weighted by molar-refractivity contribution is 14.1. The second kappa shape index (κ2) is 10.9. The lowest BCUT2D eigenvalue weighted by molar-refractivity contribution is -0.145. The number of hydrogen-bond acceptors (Lipinski definition) is 6. The maximum Gasteiger partial charge on any atom is 0.310 e. The summed E-state index contributed by atoms with van der Waals surface area (Å²) in [6.07, 6.45) is 7.35. The Hall–Kier alpha value is -2.11. The lowest BCUT2D eigenvalue weighted by Gasteiger charge is -2.39. The molecule has 8 atom stereocenters. The summed E-state index contributed by atoms with van der Waals surface area (Å²) in [4.78, 5) is 39.2. The number of esters is 1. The summed E-state index contributed by atoms with van der Waals surface area (Å²) in [5, 5.41) is 6.33. The topological polar surface area (TPSA) is 103 Å². The van der Waals surface area contributed by atoms with E-state index >= 15 is 4.39 Å². The SMILES string of the molecule is CCOC(=O)[C@H]1[C@@H]2C[C@@H](Oc3cc(C(=O)N[C@@H]4[C@H]5CC[C@H](C5)[C@@H]4C(=O)NCC4(C)CCC4)c(OC)cc3F)C[C@@]21I. The van der Waals surface area contributed by atoms with Gasteiger partial charge in [-0.2, -0.15) is 0 Å². The average Bonchev–Trinajstić information content (AvgIpc) is 3.32. The molecule has 0 aromatic heterocycles. The molecule has 41 heavy (non-hydrogen) atoms. The second-order valence-corrected chi connectivity index (χ2v) is 15.2. The quantitative estimate of drug-likeness (QED) is 0.209. The molecule has 5 aliphatic carbocycles. The van der Waals surface area contributed by atoms with Gasteiger partial charge in [-0.3, -0.25) is 14.4 Å². The maximum absolute atomic E-state index is 15.1. The second-order valence-electron chi connectivity index (χ2n) is 13.2. The van der Waals surface area contributed by atoms with Gasteiger partial charge in [0.2, 0.25) is 5.91 Å². The summed E-state index contributed by atoms with van der Waals surface area (Å²) in [5.41, 5.74) is 0.366. The average molecular weight is 683 g/mol. The molecule has 5 aliphatic rings. The van der Waals surface area contributed by atoms with Crippen molar-refractivity contribution in [1.82, 2.24) is 10.6 Å². The molecule has 0 radical (unpaired) electrons. The molecule has 0 aliphatic heterocycles. The molecule has 1 aromatic carbocycles. The molecule has 0 spiro atoms. The molecule has 10 heteroatoms. The van der Waals surface area contributed by atoms with Crippen LogP contribution in [-0.4, -0.2) is 53.6 Å². The number of ether oxygens (including phenoxy) is 3. The molecule has 8 nitrogen and oxygen atoms in total. The zero-order chi connectivity index (χ0) is 29.1. The number of nitrogens with one attached hydrogen (secondary N) is 2. The van der Waals surface area contributed by atoms with Gasteiger partial charge in [-0.05, 0) is 81.1 Å². The number of benzene rings is 1. The number of carbonyl (C=O) groups excluding carboxylic acids is 3. The van der Waals surface area contributed by atoms with Crippen molar-refractivity contribution in [2.24, 2.45) is 35.0 Å². The highest BCUT2D eigenvalue weighted by atomic mass is 127. The Morgan fingerprint density at radius 3 is 2.51 bits per heavy atom.